The van der Waals surface area contributed by atoms with E-state index in [-0.39, 0.29) is 34.5 Å². The molecule has 2 bridgehead atoms. The van der Waals surface area contributed by atoms with E-state index < -0.39 is 47.3 Å². The number of alkyl halides is 3. The van der Waals surface area contributed by atoms with Gasteiger partial charge in [-0.15, -0.1) is 0 Å². The Morgan fingerprint density at radius 3 is 2.27 bits per heavy atom. The lowest BCUT2D eigenvalue weighted by Gasteiger charge is -2.30. The number of carboxylic acid groups (broad SMARTS) is 1. The summed E-state index contributed by atoms with van der Waals surface area (Å²) in [6.07, 6.45) is -2.08. The number of methoxy groups -OCH3 is 1. The molecule has 1 aromatic heterocycles. The van der Waals surface area contributed by atoms with Crippen molar-refractivity contribution in [1.82, 2.24) is 10.3 Å². The van der Waals surface area contributed by atoms with Crippen LogP contribution >= 0.6 is 0 Å². The summed E-state index contributed by atoms with van der Waals surface area (Å²) in [5, 5.41) is 14.7. The first-order valence-electron chi connectivity index (χ1n) is 13.8. The highest BCUT2D eigenvalue weighted by Crippen LogP contribution is 2.54. The second-order valence-corrected chi connectivity index (χ2v) is 11.1. The normalized spacial score (nSPS) is 20.8. The Bertz CT molecular complexity index is 1670. The Balaban J connectivity index is 1.45. The summed E-state index contributed by atoms with van der Waals surface area (Å²) >= 11 is 0. The largest absolute Gasteiger partial charge is 0.480 e. The number of hydrogen-bond acceptors (Lipinski definition) is 5. The van der Waals surface area contributed by atoms with Gasteiger partial charge in [0, 0.05) is 29.4 Å². The minimum Gasteiger partial charge on any atom is -0.480 e. The lowest BCUT2D eigenvalue weighted by molar-refractivity contribution is -0.140. The fourth-order valence-electron chi connectivity index (χ4n) is 6.49. The molecular weight excluding hydrogens is 582 g/mol. The van der Waals surface area contributed by atoms with Crippen molar-refractivity contribution < 1.29 is 41.8 Å². The van der Waals surface area contributed by atoms with E-state index in [4.69, 9.17) is 4.74 Å². The average molecular weight is 612 g/mol. The Kier molecular flexibility index (Phi) is 8.19. The number of hydrogen-bond donors (Lipinski definition) is 3. The van der Waals surface area contributed by atoms with Gasteiger partial charge in [0.15, 0.2) is 0 Å². The van der Waals surface area contributed by atoms with Crippen LogP contribution in [0, 0.1) is 23.6 Å². The van der Waals surface area contributed by atoms with Crippen molar-refractivity contribution in [3.05, 3.63) is 88.4 Å². The van der Waals surface area contributed by atoms with Gasteiger partial charge in [-0.2, -0.15) is 13.2 Å². The number of amides is 2. The van der Waals surface area contributed by atoms with E-state index in [0.717, 1.165) is 17.2 Å². The van der Waals surface area contributed by atoms with Crippen LogP contribution in [0.4, 0.5) is 23.2 Å². The highest BCUT2D eigenvalue weighted by molar-refractivity contribution is 5.99. The Hall–Kier alpha value is -4.74. The van der Waals surface area contributed by atoms with Crippen molar-refractivity contribution in [2.45, 2.75) is 38.9 Å². The zero-order valence-corrected chi connectivity index (χ0v) is 24.0. The van der Waals surface area contributed by atoms with Gasteiger partial charge in [-0.05, 0) is 74.6 Å². The molecule has 2 amide bonds. The van der Waals surface area contributed by atoms with Crippen molar-refractivity contribution in [3.8, 4) is 17.0 Å². The zero-order chi connectivity index (χ0) is 31.9. The third kappa shape index (κ3) is 5.76. The average Bonchev–Trinajstić information content (AvgIpc) is 3.54. The van der Waals surface area contributed by atoms with Crippen molar-refractivity contribution in [2.24, 2.45) is 17.8 Å². The van der Waals surface area contributed by atoms with Gasteiger partial charge < -0.3 is 20.5 Å². The number of nitrogens with zero attached hydrogens (tertiary/aromatic N) is 1. The fraction of sp³-hybridized carbons (Fsp3) is 0.312. The molecule has 0 saturated heterocycles. The van der Waals surface area contributed by atoms with Gasteiger partial charge >= 0.3 is 12.1 Å². The molecule has 1 heterocycles. The number of aromatic nitrogens is 1. The second-order valence-electron chi connectivity index (χ2n) is 11.1. The predicted molar refractivity (Wildman–Crippen MR) is 153 cm³/mol. The van der Waals surface area contributed by atoms with Crippen molar-refractivity contribution in [1.29, 1.82) is 0 Å². The van der Waals surface area contributed by atoms with Gasteiger partial charge in [0.25, 0.3) is 5.91 Å². The molecule has 12 heteroatoms. The highest BCUT2D eigenvalue weighted by atomic mass is 19.4. The first-order chi connectivity index (χ1) is 20.8. The number of benzene rings is 2. The van der Waals surface area contributed by atoms with E-state index in [0.29, 0.717) is 36.1 Å². The van der Waals surface area contributed by atoms with Gasteiger partial charge in [-0.1, -0.05) is 23.3 Å². The summed E-state index contributed by atoms with van der Waals surface area (Å²) in [7, 11) is 1.35. The maximum Gasteiger partial charge on any atom is 0.419 e. The molecule has 2 aliphatic rings. The molecule has 2 unspecified atom stereocenters. The van der Waals surface area contributed by atoms with Crippen LogP contribution in [0.1, 0.15) is 53.0 Å². The molecule has 8 nitrogen and oxygen atoms in total. The predicted octanol–water partition coefficient (Wildman–Crippen LogP) is 6.34. The number of aromatic carboxylic acids is 1. The maximum atomic E-state index is 13.9. The minimum absolute atomic E-state index is 0.0333. The van der Waals surface area contributed by atoms with E-state index in [1.54, 1.807) is 18.2 Å². The van der Waals surface area contributed by atoms with Crippen molar-refractivity contribution in [3.63, 3.8) is 0 Å². The standard InChI is InChI=1S/C32H29F4N3O5/c1-15(2)25-20-9-10-21(25)27(26(20)29(41)38-19-8-11-24(33)23(13-19)32(34,35)36)39-28(40)22-12-18(14-37-30(22)44-3)16-4-6-17(7-5-16)31(42)43/h4-8,11-14,20-21,26-27H,9-10H2,1-3H3,(H,38,41)(H,39,40)(H,42,43)/t20?,21?,26-,27+/m0/s1. The first-order valence-corrected chi connectivity index (χ1v) is 13.8. The van der Waals surface area contributed by atoms with Crippen LogP contribution in [0.5, 0.6) is 5.88 Å². The van der Waals surface area contributed by atoms with E-state index >= 15 is 0 Å². The van der Waals surface area contributed by atoms with E-state index in [1.165, 1.54) is 25.4 Å². The number of carbonyl (C=O) groups is 3. The zero-order valence-electron chi connectivity index (χ0n) is 24.0. The number of carbonyl (C=O) groups excluding carboxylic acids is 2. The number of carboxylic acids is 1. The molecule has 2 fully saturated rings. The second kappa shape index (κ2) is 11.7. The number of ether oxygens (including phenoxy) is 1. The summed E-state index contributed by atoms with van der Waals surface area (Å²) in [4.78, 5) is 42.9. The van der Waals surface area contributed by atoms with Crippen LogP contribution in [-0.4, -0.2) is 41.0 Å². The molecule has 0 aliphatic heterocycles. The fourth-order valence-corrected chi connectivity index (χ4v) is 6.49. The molecule has 3 N–H and O–H groups in total. The lowest BCUT2D eigenvalue weighted by atomic mass is 9.83. The number of pyridine rings is 1. The maximum absolute atomic E-state index is 13.9. The molecule has 230 valence electrons. The molecule has 2 saturated carbocycles. The number of rotatable bonds is 7. The lowest BCUT2D eigenvalue weighted by Crippen LogP contribution is -2.48. The summed E-state index contributed by atoms with van der Waals surface area (Å²) in [6, 6.07) is 9.19. The SMILES string of the molecule is COc1ncc(-c2ccc(C(=O)O)cc2)cc1C(=O)N[C@@H]1C2CCC(C2=C(C)C)[C@@H]1C(=O)Nc1ccc(F)c(C(F)(F)F)c1. The Morgan fingerprint density at radius 1 is 0.977 bits per heavy atom. The van der Waals surface area contributed by atoms with Crippen LogP contribution < -0.4 is 15.4 Å². The molecule has 2 aromatic carbocycles. The smallest absolute Gasteiger partial charge is 0.419 e. The minimum atomic E-state index is -4.94. The molecule has 0 radical (unpaired) electrons. The first kappa shape index (κ1) is 30.7. The van der Waals surface area contributed by atoms with Gasteiger partial charge in [-0.25, -0.2) is 14.2 Å². The summed E-state index contributed by atoms with van der Waals surface area (Å²) in [5.74, 6) is -4.86. The molecule has 0 spiro atoms. The van der Waals surface area contributed by atoms with Gasteiger partial charge in [0.1, 0.15) is 11.4 Å². The van der Waals surface area contributed by atoms with Gasteiger partial charge in [0.2, 0.25) is 11.8 Å². The number of nitrogens with one attached hydrogen (secondary N) is 2. The summed E-state index contributed by atoms with van der Waals surface area (Å²) in [6.45, 7) is 3.84. The number of allylic oxidation sites excluding steroid dienone is 1. The highest BCUT2D eigenvalue weighted by Gasteiger charge is 2.55. The van der Waals surface area contributed by atoms with Crippen LogP contribution in [0.15, 0.2) is 65.9 Å². The monoisotopic (exact) mass is 611 g/mol. The van der Waals surface area contributed by atoms with E-state index in [2.05, 4.69) is 15.6 Å². The molecule has 5 rings (SSSR count). The van der Waals surface area contributed by atoms with E-state index in [1.807, 2.05) is 13.8 Å². The summed E-state index contributed by atoms with van der Waals surface area (Å²) in [5.41, 5.74) is 1.65. The van der Waals surface area contributed by atoms with Crippen molar-refractivity contribution >= 4 is 23.5 Å². The Labute approximate surface area is 250 Å². The van der Waals surface area contributed by atoms with E-state index in [9.17, 15) is 37.1 Å². The molecule has 3 aromatic rings. The molecular formula is C32H29F4N3O5. The Morgan fingerprint density at radius 2 is 1.66 bits per heavy atom. The van der Waals surface area contributed by atoms with Crippen LogP contribution in [-0.2, 0) is 11.0 Å². The number of halogens is 4. The molecule has 44 heavy (non-hydrogen) atoms. The number of anilines is 1. The quantitative estimate of drug-likeness (QED) is 0.212. The molecule has 2 aliphatic carbocycles. The topological polar surface area (TPSA) is 118 Å². The van der Waals surface area contributed by atoms with Crippen LogP contribution in [0.25, 0.3) is 11.1 Å². The van der Waals surface area contributed by atoms with Gasteiger partial charge in [-0.3, -0.25) is 9.59 Å². The third-order valence-corrected chi connectivity index (χ3v) is 8.31. The van der Waals surface area contributed by atoms with Gasteiger partial charge in [0.05, 0.1) is 24.2 Å². The van der Waals surface area contributed by atoms with Crippen LogP contribution in [0.2, 0.25) is 0 Å². The third-order valence-electron chi connectivity index (χ3n) is 8.31. The van der Waals surface area contributed by atoms with Crippen LogP contribution in [0.3, 0.4) is 0 Å². The van der Waals surface area contributed by atoms with Crippen molar-refractivity contribution in [2.75, 3.05) is 12.4 Å². The summed E-state index contributed by atoms with van der Waals surface area (Å²) < 4.78 is 59.1. The molecule has 4 atom stereocenters. The number of fused-ring (bicyclic) bond motifs is 2.